The molecule has 0 unspecified atom stereocenters. The molecule has 0 atom stereocenters. The van der Waals surface area contributed by atoms with E-state index in [0.29, 0.717) is 21.6 Å². The van der Waals surface area contributed by atoms with Gasteiger partial charge in [-0.3, -0.25) is 4.79 Å². The maximum absolute atomic E-state index is 12.1. The highest BCUT2D eigenvalue weighted by Gasteiger charge is 2.11. The van der Waals surface area contributed by atoms with Crippen LogP contribution in [0.5, 0.6) is 0 Å². The molecule has 0 saturated heterocycles. The van der Waals surface area contributed by atoms with Crippen molar-refractivity contribution in [2.75, 3.05) is 17.2 Å². The molecule has 0 radical (unpaired) electrons. The third-order valence-electron chi connectivity index (χ3n) is 3.68. The van der Waals surface area contributed by atoms with Crippen LogP contribution in [0.25, 0.3) is 0 Å². The highest BCUT2D eigenvalue weighted by Crippen LogP contribution is 2.29. The van der Waals surface area contributed by atoms with E-state index in [1.165, 1.54) is 11.3 Å². The van der Waals surface area contributed by atoms with Gasteiger partial charge in [0, 0.05) is 33.2 Å². The molecule has 1 heterocycles. The number of amides is 1. The fourth-order valence-electron chi connectivity index (χ4n) is 2.42. The second-order valence-electron chi connectivity index (χ2n) is 5.78. The molecule has 26 heavy (non-hydrogen) atoms. The number of aryl methyl sites for hydroxylation is 1. The molecule has 0 aliphatic heterocycles. The van der Waals surface area contributed by atoms with Gasteiger partial charge in [0.25, 0.3) is 0 Å². The number of rotatable bonds is 6. The molecule has 1 aromatic heterocycles. The van der Waals surface area contributed by atoms with Crippen molar-refractivity contribution in [1.29, 1.82) is 0 Å². The summed E-state index contributed by atoms with van der Waals surface area (Å²) in [4.78, 5) is 17.3. The summed E-state index contributed by atoms with van der Waals surface area (Å²) in [5, 5.41) is 7.70. The molecule has 2 N–H and O–H groups in total. The van der Waals surface area contributed by atoms with Gasteiger partial charge < -0.3 is 10.6 Å². The minimum atomic E-state index is -0.150. The van der Waals surface area contributed by atoms with Crippen LogP contribution in [-0.2, 0) is 11.2 Å². The molecule has 0 fully saturated rings. The molecule has 0 aliphatic rings. The van der Waals surface area contributed by atoms with Crippen molar-refractivity contribution < 1.29 is 4.79 Å². The van der Waals surface area contributed by atoms with Crippen molar-refractivity contribution in [3.63, 3.8) is 0 Å². The van der Waals surface area contributed by atoms with E-state index < -0.39 is 0 Å². The van der Waals surface area contributed by atoms with Crippen LogP contribution in [-0.4, -0.2) is 17.4 Å². The number of anilines is 2. The van der Waals surface area contributed by atoms with E-state index in [1.807, 2.05) is 49.4 Å². The summed E-state index contributed by atoms with van der Waals surface area (Å²) in [5.74, 6) is -0.150. The van der Waals surface area contributed by atoms with Crippen LogP contribution >= 0.6 is 34.5 Å². The van der Waals surface area contributed by atoms with Gasteiger partial charge in [-0.25, -0.2) is 4.98 Å². The van der Waals surface area contributed by atoms with Crippen LogP contribution in [0.4, 0.5) is 10.8 Å². The minimum Gasteiger partial charge on any atom is -0.376 e. The highest BCUT2D eigenvalue weighted by atomic mass is 35.5. The lowest BCUT2D eigenvalue weighted by molar-refractivity contribution is -0.114. The third kappa shape index (κ3) is 4.97. The maximum atomic E-state index is 12.1. The number of thiazole rings is 1. The molecule has 0 aliphatic carbocycles. The maximum Gasteiger partial charge on any atom is 0.245 e. The van der Waals surface area contributed by atoms with E-state index in [9.17, 15) is 4.79 Å². The zero-order valence-electron chi connectivity index (χ0n) is 14.1. The zero-order valence-corrected chi connectivity index (χ0v) is 16.4. The third-order valence-corrected chi connectivity index (χ3v) is 5.30. The summed E-state index contributed by atoms with van der Waals surface area (Å²) in [6.45, 7) is 2.18. The number of carbonyl (C=O) groups excluding carboxylic acids is 1. The number of benzene rings is 2. The molecular weight excluding hydrogens is 389 g/mol. The molecule has 0 bridgehead atoms. The van der Waals surface area contributed by atoms with E-state index in [-0.39, 0.29) is 12.5 Å². The summed E-state index contributed by atoms with van der Waals surface area (Å²) < 4.78 is 0. The largest absolute Gasteiger partial charge is 0.376 e. The number of carbonyl (C=O) groups is 1. The van der Waals surface area contributed by atoms with Crippen LogP contribution in [0.2, 0.25) is 10.0 Å². The van der Waals surface area contributed by atoms with Gasteiger partial charge in [-0.2, -0.15) is 0 Å². The number of nitrogens with zero attached hydrogens (tertiary/aromatic N) is 1. The summed E-state index contributed by atoms with van der Waals surface area (Å²) in [6, 6.07) is 13.3. The van der Waals surface area contributed by atoms with Gasteiger partial charge in [0.15, 0.2) is 5.13 Å². The SMILES string of the molecule is Cc1cccc(NCC(=O)Nc2ncc(Cc3c(Cl)cccc3Cl)s2)c1. The smallest absolute Gasteiger partial charge is 0.245 e. The first-order chi connectivity index (χ1) is 12.5. The fourth-order valence-corrected chi connectivity index (χ4v) is 3.79. The van der Waals surface area contributed by atoms with E-state index in [0.717, 1.165) is 21.7 Å². The summed E-state index contributed by atoms with van der Waals surface area (Å²) >= 11 is 13.8. The number of hydrogen-bond acceptors (Lipinski definition) is 4. The first-order valence-electron chi connectivity index (χ1n) is 7.99. The van der Waals surface area contributed by atoms with Crippen LogP contribution in [0, 0.1) is 6.92 Å². The number of halogens is 2. The molecule has 3 aromatic rings. The second-order valence-corrected chi connectivity index (χ2v) is 7.71. The number of aromatic nitrogens is 1. The van der Waals surface area contributed by atoms with E-state index in [2.05, 4.69) is 15.6 Å². The number of nitrogens with one attached hydrogen (secondary N) is 2. The molecular formula is C19H17Cl2N3OS. The van der Waals surface area contributed by atoms with Crippen molar-refractivity contribution in [2.45, 2.75) is 13.3 Å². The first kappa shape index (κ1) is 18.7. The van der Waals surface area contributed by atoms with Crippen molar-refractivity contribution >= 4 is 51.3 Å². The normalized spacial score (nSPS) is 10.6. The minimum absolute atomic E-state index is 0.150. The fraction of sp³-hybridized carbons (Fsp3) is 0.158. The van der Waals surface area contributed by atoms with Gasteiger partial charge in [-0.05, 0) is 42.3 Å². The van der Waals surface area contributed by atoms with Gasteiger partial charge in [-0.15, -0.1) is 11.3 Å². The van der Waals surface area contributed by atoms with E-state index in [1.54, 1.807) is 6.20 Å². The molecule has 0 spiro atoms. The Morgan fingerprint density at radius 1 is 1.15 bits per heavy atom. The van der Waals surface area contributed by atoms with Crippen LogP contribution < -0.4 is 10.6 Å². The van der Waals surface area contributed by atoms with Crippen LogP contribution in [0.15, 0.2) is 48.7 Å². The van der Waals surface area contributed by atoms with Gasteiger partial charge in [0.05, 0.1) is 6.54 Å². The van der Waals surface area contributed by atoms with E-state index >= 15 is 0 Å². The summed E-state index contributed by atoms with van der Waals surface area (Å²) in [6.07, 6.45) is 2.31. The standard InChI is InChI=1S/C19H17Cl2N3OS/c1-12-4-2-5-13(8-12)22-11-18(25)24-19-23-10-14(26-19)9-15-16(20)6-3-7-17(15)21/h2-8,10,22H,9,11H2,1H3,(H,23,24,25). The Balaban J connectivity index is 1.57. The second kappa shape index (κ2) is 8.54. The predicted octanol–water partition coefficient (Wildman–Crippen LogP) is 5.40. The Morgan fingerprint density at radius 3 is 2.62 bits per heavy atom. The molecule has 4 nitrogen and oxygen atoms in total. The molecule has 134 valence electrons. The average molecular weight is 406 g/mol. The lowest BCUT2D eigenvalue weighted by Crippen LogP contribution is -2.21. The summed E-state index contributed by atoms with van der Waals surface area (Å²) in [7, 11) is 0. The van der Waals surface area contributed by atoms with Crippen molar-refractivity contribution in [1.82, 2.24) is 4.98 Å². The van der Waals surface area contributed by atoms with Gasteiger partial charge in [0.1, 0.15) is 0 Å². The molecule has 1 amide bonds. The first-order valence-corrected chi connectivity index (χ1v) is 9.56. The Morgan fingerprint density at radius 2 is 1.88 bits per heavy atom. The Bertz CT molecular complexity index is 906. The Kier molecular flexibility index (Phi) is 6.14. The van der Waals surface area contributed by atoms with Crippen molar-refractivity contribution in [3.05, 3.63) is 74.7 Å². The van der Waals surface area contributed by atoms with Gasteiger partial charge in [0.2, 0.25) is 5.91 Å². The quantitative estimate of drug-likeness (QED) is 0.576. The summed E-state index contributed by atoms with van der Waals surface area (Å²) in [5.41, 5.74) is 2.91. The van der Waals surface area contributed by atoms with Gasteiger partial charge >= 0.3 is 0 Å². The van der Waals surface area contributed by atoms with Crippen molar-refractivity contribution in [2.24, 2.45) is 0 Å². The predicted molar refractivity (Wildman–Crippen MR) is 110 cm³/mol. The highest BCUT2D eigenvalue weighted by molar-refractivity contribution is 7.15. The van der Waals surface area contributed by atoms with Crippen LogP contribution in [0.3, 0.4) is 0 Å². The van der Waals surface area contributed by atoms with Gasteiger partial charge in [-0.1, -0.05) is 41.4 Å². The molecule has 0 saturated carbocycles. The molecule has 7 heteroatoms. The van der Waals surface area contributed by atoms with Crippen LogP contribution in [0.1, 0.15) is 16.0 Å². The lowest BCUT2D eigenvalue weighted by Gasteiger charge is -2.06. The van der Waals surface area contributed by atoms with Crippen molar-refractivity contribution in [3.8, 4) is 0 Å². The topological polar surface area (TPSA) is 54.0 Å². The Hall–Kier alpha value is -2.08. The van der Waals surface area contributed by atoms with E-state index in [4.69, 9.17) is 23.2 Å². The Labute approximate surface area is 166 Å². The zero-order chi connectivity index (χ0) is 18.5. The molecule has 2 aromatic carbocycles. The number of hydrogen-bond donors (Lipinski definition) is 2. The lowest BCUT2D eigenvalue weighted by atomic mass is 10.1. The monoisotopic (exact) mass is 405 g/mol. The average Bonchev–Trinajstić information content (AvgIpc) is 3.04. The molecule has 3 rings (SSSR count).